The van der Waals surface area contributed by atoms with Gasteiger partial charge in [0.25, 0.3) is 0 Å². The van der Waals surface area contributed by atoms with Gasteiger partial charge in [-0.2, -0.15) is 16.8 Å². The minimum absolute atomic E-state index is 0.0928. The number of aliphatic hydroxyl groups excluding tert-OH is 1. The summed E-state index contributed by atoms with van der Waals surface area (Å²) in [6, 6.07) is 7.41. The van der Waals surface area contributed by atoms with Crippen LogP contribution in [0.25, 0.3) is 0 Å². The lowest BCUT2D eigenvalue weighted by Crippen LogP contribution is -2.36. The van der Waals surface area contributed by atoms with Crippen molar-refractivity contribution >= 4 is 26.4 Å². The number of rotatable bonds is 6. The molecule has 0 saturated heterocycles. The van der Waals surface area contributed by atoms with Crippen LogP contribution >= 0.6 is 0 Å². The fraction of sp³-hybridized carbons (Fsp3) is 0.250. The van der Waals surface area contributed by atoms with Crippen LogP contribution in [0, 0.1) is 0 Å². The summed E-state index contributed by atoms with van der Waals surface area (Å²) in [4.78, 5) is 0. The largest absolute Gasteiger partial charge is 0.413 e. The van der Waals surface area contributed by atoms with Gasteiger partial charge in [0.1, 0.15) is 0 Å². The monoisotopic (exact) mass is 297 g/mol. The van der Waals surface area contributed by atoms with Crippen molar-refractivity contribution < 1.29 is 30.1 Å². The van der Waals surface area contributed by atoms with Crippen LogP contribution in [0.5, 0.6) is 0 Å². The summed E-state index contributed by atoms with van der Waals surface area (Å²) in [5.41, 5.74) is 0.0928. The molecular weight excluding hydrogens is 286 g/mol. The van der Waals surface area contributed by atoms with Gasteiger partial charge in [-0.3, -0.25) is 4.55 Å². The zero-order chi connectivity index (χ0) is 13.8. The van der Waals surface area contributed by atoms with E-state index in [-0.39, 0.29) is 5.69 Å². The molecule has 1 rings (SSSR count). The van der Waals surface area contributed by atoms with E-state index in [0.29, 0.717) is 4.31 Å². The highest BCUT2D eigenvalue weighted by atomic mass is 32.3. The van der Waals surface area contributed by atoms with Crippen LogP contribution in [0.2, 0.25) is 0 Å². The van der Waals surface area contributed by atoms with Gasteiger partial charge < -0.3 is 5.11 Å². The SMILES string of the molecule is O=S(=O)(O)OS(=O)(=O)N(CCO)c1ccccc1. The molecule has 1 aromatic carbocycles. The predicted molar refractivity (Wildman–Crippen MR) is 62.4 cm³/mol. The Bertz CT molecular complexity index is 581. The standard InChI is InChI=1S/C8H11NO7S2/c10-7-6-9(8-4-2-1-3-5-8)17(11,12)16-18(13,14)15/h1-5,10H,6-7H2,(H,13,14,15). The average Bonchev–Trinajstić information content (AvgIpc) is 2.23. The van der Waals surface area contributed by atoms with Crippen LogP contribution in [-0.2, 0) is 24.3 Å². The van der Waals surface area contributed by atoms with Crippen molar-refractivity contribution in [3.63, 3.8) is 0 Å². The lowest BCUT2D eigenvalue weighted by atomic mass is 10.3. The summed E-state index contributed by atoms with van der Waals surface area (Å²) in [5.74, 6) is 0. The number of hydrogen-bond acceptors (Lipinski definition) is 6. The maximum Gasteiger partial charge on any atom is 0.413 e. The zero-order valence-electron chi connectivity index (χ0n) is 9.00. The molecule has 0 fully saturated rings. The van der Waals surface area contributed by atoms with Crippen LogP contribution in [-0.4, -0.2) is 39.6 Å². The molecule has 0 spiro atoms. The van der Waals surface area contributed by atoms with Gasteiger partial charge in [0, 0.05) is 0 Å². The molecule has 0 aliphatic carbocycles. The Kier molecular flexibility index (Phi) is 4.65. The van der Waals surface area contributed by atoms with E-state index < -0.39 is 33.9 Å². The van der Waals surface area contributed by atoms with Crippen LogP contribution in [0.15, 0.2) is 30.3 Å². The van der Waals surface area contributed by atoms with Crippen molar-refractivity contribution in [2.75, 3.05) is 17.5 Å². The summed E-state index contributed by atoms with van der Waals surface area (Å²) in [5, 5.41) is 8.79. The van der Waals surface area contributed by atoms with Gasteiger partial charge in [-0.05, 0) is 12.1 Å². The highest BCUT2D eigenvalue weighted by Crippen LogP contribution is 2.18. The highest BCUT2D eigenvalue weighted by molar-refractivity contribution is 7.98. The normalized spacial score (nSPS) is 12.3. The fourth-order valence-corrected chi connectivity index (χ4v) is 3.05. The fourth-order valence-electron chi connectivity index (χ4n) is 1.20. The lowest BCUT2D eigenvalue weighted by molar-refractivity contribution is 0.304. The Balaban J connectivity index is 3.14. The third-order valence-corrected chi connectivity index (χ3v) is 4.10. The first-order chi connectivity index (χ1) is 8.26. The number of nitrogens with zero attached hydrogens (tertiary/aromatic N) is 1. The molecule has 2 N–H and O–H groups in total. The number of benzene rings is 1. The van der Waals surface area contributed by atoms with E-state index in [1.54, 1.807) is 6.07 Å². The van der Waals surface area contributed by atoms with Crippen molar-refractivity contribution in [3.05, 3.63) is 30.3 Å². The molecule has 0 aliphatic heterocycles. The minimum atomic E-state index is -5.16. The van der Waals surface area contributed by atoms with Gasteiger partial charge in [-0.1, -0.05) is 18.2 Å². The van der Waals surface area contributed by atoms with Crippen LogP contribution in [0.1, 0.15) is 0 Å². The topological polar surface area (TPSA) is 121 Å². The number of anilines is 1. The molecule has 0 amide bonds. The van der Waals surface area contributed by atoms with Gasteiger partial charge in [-0.25, -0.2) is 4.31 Å². The molecule has 8 nitrogen and oxygen atoms in total. The molecule has 102 valence electrons. The summed E-state index contributed by atoms with van der Waals surface area (Å²) < 4.78 is 56.6. The van der Waals surface area contributed by atoms with Crippen molar-refractivity contribution in [2.45, 2.75) is 0 Å². The molecule has 1 aromatic rings. The minimum Gasteiger partial charge on any atom is -0.394 e. The van der Waals surface area contributed by atoms with Gasteiger partial charge in [0.2, 0.25) is 0 Å². The first-order valence-corrected chi connectivity index (χ1v) is 7.36. The van der Waals surface area contributed by atoms with Crippen LogP contribution in [0.4, 0.5) is 5.69 Å². The maximum absolute atomic E-state index is 11.6. The van der Waals surface area contributed by atoms with Crippen molar-refractivity contribution in [2.24, 2.45) is 0 Å². The molecule has 0 saturated carbocycles. The molecule has 0 aromatic heterocycles. The Morgan fingerprint density at radius 3 is 2.11 bits per heavy atom. The van der Waals surface area contributed by atoms with Crippen molar-refractivity contribution in [1.29, 1.82) is 0 Å². The smallest absolute Gasteiger partial charge is 0.394 e. The van der Waals surface area contributed by atoms with E-state index >= 15 is 0 Å². The zero-order valence-corrected chi connectivity index (χ0v) is 10.6. The lowest BCUT2D eigenvalue weighted by Gasteiger charge is -2.21. The highest BCUT2D eigenvalue weighted by Gasteiger charge is 2.28. The van der Waals surface area contributed by atoms with Gasteiger partial charge in [0.05, 0.1) is 18.8 Å². The summed E-state index contributed by atoms with van der Waals surface area (Å²) >= 11 is 0. The van der Waals surface area contributed by atoms with E-state index in [4.69, 9.17) is 9.66 Å². The molecule has 0 aliphatic rings. The second-order valence-corrected chi connectivity index (χ2v) is 5.78. The van der Waals surface area contributed by atoms with Crippen molar-refractivity contribution in [1.82, 2.24) is 0 Å². The first kappa shape index (κ1) is 14.9. The molecule has 0 heterocycles. The third-order valence-electron chi connectivity index (χ3n) is 1.79. The Morgan fingerprint density at radius 1 is 1.11 bits per heavy atom. The molecule has 0 atom stereocenters. The number of para-hydroxylation sites is 1. The Hall–Kier alpha value is -1.20. The van der Waals surface area contributed by atoms with Gasteiger partial charge in [-0.15, -0.1) is 3.63 Å². The molecule has 18 heavy (non-hydrogen) atoms. The average molecular weight is 297 g/mol. The molecule has 0 unspecified atom stereocenters. The molecular formula is C8H11NO7S2. The van der Waals surface area contributed by atoms with E-state index in [2.05, 4.69) is 3.63 Å². The van der Waals surface area contributed by atoms with Crippen LogP contribution < -0.4 is 4.31 Å². The molecule has 10 heteroatoms. The maximum atomic E-state index is 11.6. The molecule has 0 radical (unpaired) electrons. The quantitative estimate of drug-likeness (QED) is 0.682. The van der Waals surface area contributed by atoms with E-state index in [9.17, 15) is 16.8 Å². The number of aliphatic hydroxyl groups is 1. The first-order valence-electron chi connectivity index (χ1n) is 4.63. The molecule has 0 bridgehead atoms. The summed E-state index contributed by atoms with van der Waals surface area (Å²) in [6.45, 7) is -0.967. The third kappa shape index (κ3) is 4.23. The summed E-state index contributed by atoms with van der Waals surface area (Å²) in [6.07, 6.45) is 0. The van der Waals surface area contributed by atoms with Gasteiger partial charge >= 0.3 is 20.7 Å². The second-order valence-electron chi connectivity index (χ2n) is 3.08. The second kappa shape index (κ2) is 5.63. The Labute approximate surface area is 105 Å². The van der Waals surface area contributed by atoms with E-state index in [1.165, 1.54) is 24.3 Å². The number of hydrogen-bond donors (Lipinski definition) is 2. The van der Waals surface area contributed by atoms with E-state index in [1.807, 2.05) is 0 Å². The summed E-state index contributed by atoms with van der Waals surface area (Å²) in [7, 11) is -9.92. The van der Waals surface area contributed by atoms with Crippen LogP contribution in [0.3, 0.4) is 0 Å². The predicted octanol–water partition coefficient (Wildman–Crippen LogP) is -0.450. The Morgan fingerprint density at radius 2 is 1.67 bits per heavy atom. The van der Waals surface area contributed by atoms with Gasteiger partial charge in [0.15, 0.2) is 0 Å². The van der Waals surface area contributed by atoms with Crippen molar-refractivity contribution in [3.8, 4) is 0 Å². The van der Waals surface area contributed by atoms with E-state index in [0.717, 1.165) is 0 Å².